The largest absolute Gasteiger partial charge is 0.400 e. The number of carbonyl (C=O) groups is 1. The third-order valence-corrected chi connectivity index (χ3v) is 3.23. The van der Waals surface area contributed by atoms with Gasteiger partial charge in [-0.15, -0.1) is 0 Å². The number of nitrogens with zero attached hydrogens (tertiary/aromatic N) is 3. The zero-order valence-electron chi connectivity index (χ0n) is 12.3. The van der Waals surface area contributed by atoms with Crippen molar-refractivity contribution in [2.75, 3.05) is 5.32 Å². The molecular weight excluding hydrogens is 297 g/mol. The van der Waals surface area contributed by atoms with Crippen LogP contribution in [0.4, 0.5) is 18.9 Å². The SMILES string of the molecule is Cc1ccc(NC(=O)[C@@H](C)C(F)(F)F)cc1-c1ncn(C)n1. The number of nitrogens with one attached hydrogen (secondary N) is 1. The molecule has 1 amide bonds. The fourth-order valence-electron chi connectivity index (χ4n) is 1.80. The zero-order chi connectivity index (χ0) is 16.5. The zero-order valence-corrected chi connectivity index (χ0v) is 12.3. The number of halogens is 3. The van der Waals surface area contributed by atoms with Gasteiger partial charge in [0.1, 0.15) is 12.2 Å². The Morgan fingerprint density at radius 1 is 1.36 bits per heavy atom. The van der Waals surface area contributed by atoms with E-state index in [0.29, 0.717) is 11.4 Å². The summed E-state index contributed by atoms with van der Waals surface area (Å²) >= 11 is 0. The highest BCUT2D eigenvalue weighted by atomic mass is 19.4. The van der Waals surface area contributed by atoms with Gasteiger partial charge in [0.25, 0.3) is 0 Å². The molecule has 8 heteroatoms. The maximum absolute atomic E-state index is 12.5. The molecule has 2 rings (SSSR count). The van der Waals surface area contributed by atoms with E-state index in [1.54, 1.807) is 25.2 Å². The van der Waals surface area contributed by atoms with E-state index >= 15 is 0 Å². The molecule has 0 fully saturated rings. The number of aromatic nitrogens is 3. The predicted octanol–water partition coefficient (Wildman–Crippen LogP) is 2.93. The maximum atomic E-state index is 12.5. The fourth-order valence-corrected chi connectivity index (χ4v) is 1.80. The van der Waals surface area contributed by atoms with Crippen molar-refractivity contribution in [2.24, 2.45) is 13.0 Å². The van der Waals surface area contributed by atoms with Gasteiger partial charge in [-0.3, -0.25) is 9.48 Å². The minimum Gasteiger partial charge on any atom is -0.326 e. The van der Waals surface area contributed by atoms with Gasteiger partial charge in [0.2, 0.25) is 5.91 Å². The molecule has 1 heterocycles. The molecule has 0 aliphatic rings. The minimum absolute atomic E-state index is 0.272. The number of rotatable bonds is 3. The van der Waals surface area contributed by atoms with Crippen molar-refractivity contribution >= 4 is 11.6 Å². The lowest BCUT2D eigenvalue weighted by molar-refractivity contribution is -0.175. The molecule has 1 N–H and O–H groups in total. The van der Waals surface area contributed by atoms with Crippen LogP contribution in [0.2, 0.25) is 0 Å². The number of amides is 1. The van der Waals surface area contributed by atoms with Crippen molar-refractivity contribution in [2.45, 2.75) is 20.0 Å². The van der Waals surface area contributed by atoms with Gasteiger partial charge in [-0.2, -0.15) is 18.3 Å². The van der Waals surface area contributed by atoms with Gasteiger partial charge in [-0.1, -0.05) is 6.07 Å². The molecule has 1 atom stereocenters. The Balaban J connectivity index is 2.25. The highest BCUT2D eigenvalue weighted by molar-refractivity contribution is 5.93. The Morgan fingerprint density at radius 2 is 2.05 bits per heavy atom. The molecule has 118 valence electrons. The Labute approximate surface area is 125 Å². The highest BCUT2D eigenvalue weighted by Crippen LogP contribution is 2.28. The second-order valence-electron chi connectivity index (χ2n) is 5.02. The number of hydrogen-bond acceptors (Lipinski definition) is 3. The van der Waals surface area contributed by atoms with E-state index in [9.17, 15) is 18.0 Å². The van der Waals surface area contributed by atoms with Crippen LogP contribution < -0.4 is 5.32 Å². The Hall–Kier alpha value is -2.38. The Bertz CT molecular complexity index is 694. The summed E-state index contributed by atoms with van der Waals surface area (Å²) in [5.74, 6) is -2.73. The van der Waals surface area contributed by atoms with Gasteiger partial charge >= 0.3 is 6.18 Å². The number of anilines is 1. The normalized spacial score (nSPS) is 13.0. The number of aryl methyl sites for hydroxylation is 2. The Kier molecular flexibility index (Phi) is 4.20. The summed E-state index contributed by atoms with van der Waals surface area (Å²) in [5, 5.41) is 6.42. The van der Waals surface area contributed by atoms with Crippen LogP contribution in [0.3, 0.4) is 0 Å². The average molecular weight is 312 g/mol. The van der Waals surface area contributed by atoms with Crippen molar-refractivity contribution in [1.29, 1.82) is 0 Å². The topological polar surface area (TPSA) is 59.8 Å². The fraction of sp³-hybridized carbons (Fsp3) is 0.357. The summed E-state index contributed by atoms with van der Waals surface area (Å²) < 4.78 is 39.1. The molecule has 0 aliphatic carbocycles. The molecular formula is C14H15F3N4O. The van der Waals surface area contributed by atoms with Gasteiger partial charge in [-0.25, -0.2) is 4.98 Å². The second-order valence-corrected chi connectivity index (χ2v) is 5.02. The molecule has 2 aromatic rings. The van der Waals surface area contributed by atoms with Crippen LogP contribution in [0.1, 0.15) is 12.5 Å². The van der Waals surface area contributed by atoms with Crippen LogP contribution in [0, 0.1) is 12.8 Å². The standard InChI is InChI=1S/C14H15F3N4O/c1-8-4-5-10(19-13(22)9(2)14(15,16)17)6-11(8)12-18-7-21(3)20-12/h4-7,9H,1-3H3,(H,19,22)/t9-/m1/s1. The van der Waals surface area contributed by atoms with Crippen LogP contribution in [0.15, 0.2) is 24.5 Å². The predicted molar refractivity (Wildman–Crippen MR) is 75.0 cm³/mol. The molecule has 0 saturated heterocycles. The molecule has 1 aromatic heterocycles. The van der Waals surface area contributed by atoms with E-state index in [1.165, 1.54) is 11.0 Å². The van der Waals surface area contributed by atoms with E-state index in [4.69, 9.17) is 0 Å². The molecule has 5 nitrogen and oxygen atoms in total. The quantitative estimate of drug-likeness (QED) is 0.948. The third-order valence-electron chi connectivity index (χ3n) is 3.23. The lowest BCUT2D eigenvalue weighted by Gasteiger charge is -2.16. The van der Waals surface area contributed by atoms with Crippen molar-refractivity contribution in [3.05, 3.63) is 30.1 Å². The van der Waals surface area contributed by atoms with E-state index < -0.39 is 18.0 Å². The van der Waals surface area contributed by atoms with Crippen molar-refractivity contribution in [3.8, 4) is 11.4 Å². The maximum Gasteiger partial charge on any atom is 0.400 e. The lowest BCUT2D eigenvalue weighted by atomic mass is 10.1. The van der Waals surface area contributed by atoms with Crippen molar-refractivity contribution in [3.63, 3.8) is 0 Å². The molecule has 0 saturated carbocycles. The Morgan fingerprint density at radius 3 is 2.59 bits per heavy atom. The van der Waals surface area contributed by atoms with Crippen LogP contribution >= 0.6 is 0 Å². The number of benzene rings is 1. The van der Waals surface area contributed by atoms with E-state index in [-0.39, 0.29) is 5.69 Å². The van der Waals surface area contributed by atoms with Crippen LogP contribution in [0.5, 0.6) is 0 Å². The van der Waals surface area contributed by atoms with Gasteiger partial charge in [-0.05, 0) is 31.5 Å². The lowest BCUT2D eigenvalue weighted by Crippen LogP contribution is -2.32. The van der Waals surface area contributed by atoms with E-state index in [2.05, 4.69) is 15.4 Å². The first-order chi connectivity index (χ1) is 10.2. The summed E-state index contributed by atoms with van der Waals surface area (Å²) in [4.78, 5) is 15.7. The molecule has 0 radical (unpaired) electrons. The summed E-state index contributed by atoms with van der Waals surface area (Å²) in [7, 11) is 1.71. The molecule has 1 aromatic carbocycles. The molecule has 0 spiro atoms. The highest BCUT2D eigenvalue weighted by Gasteiger charge is 2.41. The van der Waals surface area contributed by atoms with E-state index in [1.807, 2.05) is 6.92 Å². The number of carbonyl (C=O) groups excluding carboxylic acids is 1. The van der Waals surface area contributed by atoms with Gasteiger partial charge < -0.3 is 5.32 Å². The third kappa shape index (κ3) is 3.44. The summed E-state index contributed by atoms with van der Waals surface area (Å²) in [6, 6.07) is 4.80. The average Bonchev–Trinajstić information content (AvgIpc) is 2.85. The first-order valence-corrected chi connectivity index (χ1v) is 6.52. The monoisotopic (exact) mass is 312 g/mol. The summed E-state index contributed by atoms with van der Waals surface area (Å²) in [6.07, 6.45) is -3.05. The van der Waals surface area contributed by atoms with Crippen LogP contribution in [-0.2, 0) is 11.8 Å². The van der Waals surface area contributed by atoms with E-state index in [0.717, 1.165) is 12.5 Å². The summed E-state index contributed by atoms with van der Waals surface area (Å²) in [5.41, 5.74) is 1.78. The van der Waals surface area contributed by atoms with Crippen LogP contribution in [0.25, 0.3) is 11.4 Å². The smallest absolute Gasteiger partial charge is 0.326 e. The minimum atomic E-state index is -4.57. The molecule has 0 bridgehead atoms. The van der Waals surface area contributed by atoms with Gasteiger partial charge in [0.05, 0.1) is 0 Å². The second kappa shape index (κ2) is 5.78. The van der Waals surface area contributed by atoms with Crippen molar-refractivity contribution < 1.29 is 18.0 Å². The summed E-state index contributed by atoms with van der Waals surface area (Å²) in [6.45, 7) is 2.65. The number of alkyl halides is 3. The van der Waals surface area contributed by atoms with Crippen molar-refractivity contribution in [1.82, 2.24) is 14.8 Å². The van der Waals surface area contributed by atoms with Crippen LogP contribution in [-0.4, -0.2) is 26.8 Å². The van der Waals surface area contributed by atoms with Gasteiger partial charge in [0, 0.05) is 18.3 Å². The number of hydrogen-bond donors (Lipinski definition) is 1. The molecule has 22 heavy (non-hydrogen) atoms. The first kappa shape index (κ1) is 16.0. The first-order valence-electron chi connectivity index (χ1n) is 6.52. The van der Waals surface area contributed by atoms with Gasteiger partial charge in [0.15, 0.2) is 5.82 Å². The molecule has 0 aliphatic heterocycles. The molecule has 0 unspecified atom stereocenters.